The number of hydrogen-bond donors (Lipinski definition) is 1. The average Bonchev–Trinajstić information content (AvgIpc) is 2.95. The number of furan rings is 1. The first-order chi connectivity index (χ1) is 9.13. The molecule has 0 saturated heterocycles. The van der Waals surface area contributed by atoms with E-state index in [1.807, 2.05) is 17.4 Å². The number of hydrogen-bond acceptors (Lipinski definition) is 4. The summed E-state index contributed by atoms with van der Waals surface area (Å²) in [5.41, 5.74) is 2.08. The van der Waals surface area contributed by atoms with Crippen LogP contribution in [-0.2, 0) is 19.5 Å². The summed E-state index contributed by atoms with van der Waals surface area (Å²) in [4.78, 5) is 14.7. The van der Waals surface area contributed by atoms with Gasteiger partial charge in [0.2, 0.25) is 5.76 Å². The summed E-state index contributed by atoms with van der Waals surface area (Å²) < 4.78 is 5.41. The van der Waals surface area contributed by atoms with Gasteiger partial charge < -0.3 is 9.52 Å². The molecule has 0 aliphatic carbocycles. The lowest BCUT2D eigenvalue weighted by atomic mass is 10.1. The van der Waals surface area contributed by atoms with Crippen molar-refractivity contribution in [3.8, 4) is 0 Å². The van der Waals surface area contributed by atoms with E-state index in [2.05, 4.69) is 16.3 Å². The Morgan fingerprint density at radius 3 is 3.16 bits per heavy atom. The molecule has 1 aliphatic heterocycles. The first kappa shape index (κ1) is 12.4. The van der Waals surface area contributed by atoms with Gasteiger partial charge in [-0.25, -0.2) is 4.79 Å². The van der Waals surface area contributed by atoms with E-state index in [4.69, 9.17) is 9.52 Å². The summed E-state index contributed by atoms with van der Waals surface area (Å²) in [5.74, 6) is -0.209. The molecule has 0 saturated carbocycles. The van der Waals surface area contributed by atoms with Crippen molar-refractivity contribution in [2.75, 3.05) is 6.54 Å². The van der Waals surface area contributed by atoms with Gasteiger partial charge in [-0.15, -0.1) is 11.3 Å². The van der Waals surface area contributed by atoms with Gasteiger partial charge >= 0.3 is 5.97 Å². The highest BCUT2D eigenvalue weighted by Gasteiger charge is 2.20. The number of carboxylic acid groups (broad SMARTS) is 1. The van der Waals surface area contributed by atoms with Crippen molar-refractivity contribution in [2.45, 2.75) is 26.4 Å². The maximum atomic E-state index is 11.0. The van der Waals surface area contributed by atoms with Crippen LogP contribution in [0.1, 0.15) is 32.3 Å². The summed E-state index contributed by atoms with van der Waals surface area (Å²) in [6.07, 6.45) is 1.07. The van der Waals surface area contributed by atoms with Crippen LogP contribution in [0.3, 0.4) is 0 Å². The number of aryl methyl sites for hydroxylation is 1. The van der Waals surface area contributed by atoms with Crippen molar-refractivity contribution >= 4 is 17.3 Å². The number of rotatable bonds is 3. The monoisotopic (exact) mass is 277 g/mol. The maximum absolute atomic E-state index is 11.0. The van der Waals surface area contributed by atoms with Gasteiger partial charge in [0.25, 0.3) is 0 Å². The maximum Gasteiger partial charge on any atom is 0.372 e. The van der Waals surface area contributed by atoms with Crippen LogP contribution in [0.4, 0.5) is 0 Å². The van der Waals surface area contributed by atoms with E-state index < -0.39 is 5.97 Å². The van der Waals surface area contributed by atoms with Crippen molar-refractivity contribution in [3.05, 3.63) is 45.0 Å². The molecule has 19 heavy (non-hydrogen) atoms. The Labute approximate surface area is 115 Å². The van der Waals surface area contributed by atoms with Gasteiger partial charge in [0.05, 0.1) is 6.54 Å². The molecule has 0 fully saturated rings. The lowest BCUT2D eigenvalue weighted by Gasteiger charge is -2.25. The molecule has 0 bridgehead atoms. The van der Waals surface area contributed by atoms with Crippen LogP contribution in [0.5, 0.6) is 0 Å². The third-order valence-electron chi connectivity index (χ3n) is 3.43. The fraction of sp³-hybridized carbons (Fsp3) is 0.357. The zero-order chi connectivity index (χ0) is 13.4. The van der Waals surface area contributed by atoms with Gasteiger partial charge in [0.1, 0.15) is 5.76 Å². The molecular weight excluding hydrogens is 262 g/mol. The zero-order valence-electron chi connectivity index (χ0n) is 10.7. The van der Waals surface area contributed by atoms with Gasteiger partial charge in [-0.2, -0.15) is 0 Å². The van der Waals surface area contributed by atoms with Crippen LogP contribution >= 0.6 is 11.3 Å². The standard InChI is InChI=1S/C14H15NO3S/c1-9-6-11(18-13(9)14(16)17)8-15-4-2-12-10(7-15)3-5-19-12/h3,5-6H,2,4,7-8H2,1H3,(H,16,17). The first-order valence-electron chi connectivity index (χ1n) is 6.23. The van der Waals surface area contributed by atoms with E-state index >= 15 is 0 Å². The zero-order valence-corrected chi connectivity index (χ0v) is 11.5. The molecule has 0 amide bonds. The Morgan fingerprint density at radius 1 is 1.58 bits per heavy atom. The highest BCUT2D eigenvalue weighted by atomic mass is 32.1. The summed E-state index contributed by atoms with van der Waals surface area (Å²) in [6.45, 7) is 4.35. The number of carbonyl (C=O) groups is 1. The minimum absolute atomic E-state index is 0.0585. The number of carboxylic acids is 1. The second-order valence-corrected chi connectivity index (χ2v) is 5.86. The van der Waals surface area contributed by atoms with Gasteiger partial charge in [0, 0.05) is 23.5 Å². The summed E-state index contributed by atoms with van der Waals surface area (Å²) in [7, 11) is 0. The molecule has 3 heterocycles. The van der Waals surface area contributed by atoms with E-state index in [1.165, 1.54) is 10.4 Å². The van der Waals surface area contributed by atoms with E-state index in [1.54, 1.807) is 6.92 Å². The molecule has 2 aromatic rings. The molecule has 0 unspecified atom stereocenters. The van der Waals surface area contributed by atoms with Crippen LogP contribution in [0.2, 0.25) is 0 Å². The Hall–Kier alpha value is -1.59. The Morgan fingerprint density at radius 2 is 2.42 bits per heavy atom. The lowest BCUT2D eigenvalue weighted by Crippen LogP contribution is -2.28. The molecule has 100 valence electrons. The SMILES string of the molecule is Cc1cc(CN2CCc3sccc3C2)oc1C(=O)O. The number of aromatic carboxylic acids is 1. The van der Waals surface area contributed by atoms with Crippen molar-refractivity contribution in [2.24, 2.45) is 0 Å². The highest BCUT2D eigenvalue weighted by molar-refractivity contribution is 7.10. The molecule has 0 atom stereocenters. The average molecular weight is 277 g/mol. The summed E-state index contributed by atoms with van der Waals surface area (Å²) >= 11 is 1.82. The van der Waals surface area contributed by atoms with Crippen LogP contribution in [0.15, 0.2) is 21.9 Å². The molecular formula is C14H15NO3S. The quantitative estimate of drug-likeness (QED) is 0.937. The molecule has 2 aromatic heterocycles. The second-order valence-electron chi connectivity index (χ2n) is 4.86. The third kappa shape index (κ3) is 2.43. The van der Waals surface area contributed by atoms with E-state index in [0.29, 0.717) is 12.1 Å². The van der Waals surface area contributed by atoms with E-state index in [-0.39, 0.29) is 5.76 Å². The number of thiophene rings is 1. The van der Waals surface area contributed by atoms with Gasteiger partial charge in [-0.05, 0) is 36.4 Å². The molecule has 5 heteroatoms. The minimum atomic E-state index is -0.998. The smallest absolute Gasteiger partial charge is 0.372 e. The molecule has 3 rings (SSSR count). The number of nitrogens with zero attached hydrogens (tertiary/aromatic N) is 1. The Kier molecular flexibility index (Phi) is 3.16. The fourth-order valence-electron chi connectivity index (χ4n) is 2.50. The van der Waals surface area contributed by atoms with Gasteiger partial charge in [-0.1, -0.05) is 0 Å². The predicted molar refractivity (Wildman–Crippen MR) is 72.5 cm³/mol. The molecule has 0 aromatic carbocycles. The van der Waals surface area contributed by atoms with E-state index in [0.717, 1.165) is 25.3 Å². The van der Waals surface area contributed by atoms with Crippen LogP contribution in [0, 0.1) is 6.92 Å². The third-order valence-corrected chi connectivity index (χ3v) is 4.45. The van der Waals surface area contributed by atoms with E-state index in [9.17, 15) is 4.79 Å². The predicted octanol–water partition coefficient (Wildman–Crippen LogP) is 2.91. The Balaban J connectivity index is 1.73. The molecule has 1 N–H and O–H groups in total. The van der Waals surface area contributed by atoms with Crippen LogP contribution in [-0.4, -0.2) is 22.5 Å². The highest BCUT2D eigenvalue weighted by Crippen LogP contribution is 2.25. The second kappa shape index (κ2) is 4.83. The van der Waals surface area contributed by atoms with Crippen molar-refractivity contribution in [3.63, 3.8) is 0 Å². The number of fused-ring (bicyclic) bond motifs is 1. The molecule has 0 spiro atoms. The van der Waals surface area contributed by atoms with Crippen LogP contribution < -0.4 is 0 Å². The molecule has 4 nitrogen and oxygen atoms in total. The molecule has 0 radical (unpaired) electrons. The summed E-state index contributed by atoms with van der Waals surface area (Å²) in [5, 5.41) is 11.1. The van der Waals surface area contributed by atoms with Gasteiger partial charge in [-0.3, -0.25) is 4.90 Å². The summed E-state index contributed by atoms with van der Waals surface area (Å²) in [6, 6.07) is 3.99. The minimum Gasteiger partial charge on any atom is -0.475 e. The molecule has 1 aliphatic rings. The fourth-order valence-corrected chi connectivity index (χ4v) is 3.39. The van der Waals surface area contributed by atoms with Crippen LogP contribution in [0.25, 0.3) is 0 Å². The Bertz CT molecular complexity index is 614. The first-order valence-corrected chi connectivity index (χ1v) is 7.11. The topological polar surface area (TPSA) is 53.7 Å². The van der Waals surface area contributed by atoms with Crippen molar-refractivity contribution in [1.29, 1.82) is 0 Å². The van der Waals surface area contributed by atoms with Gasteiger partial charge in [0.15, 0.2) is 0 Å². The van der Waals surface area contributed by atoms with Crippen molar-refractivity contribution < 1.29 is 14.3 Å². The van der Waals surface area contributed by atoms with Crippen molar-refractivity contribution in [1.82, 2.24) is 4.90 Å². The lowest BCUT2D eigenvalue weighted by molar-refractivity contribution is 0.0657. The largest absolute Gasteiger partial charge is 0.475 e. The normalized spacial score (nSPS) is 15.4.